The van der Waals surface area contributed by atoms with Crippen molar-refractivity contribution in [1.82, 2.24) is 0 Å². The third kappa shape index (κ3) is 5.82. The van der Waals surface area contributed by atoms with Crippen molar-refractivity contribution in [3.8, 4) is 22.3 Å². The first-order valence-electron chi connectivity index (χ1n) is 15.6. The van der Waals surface area contributed by atoms with Gasteiger partial charge in [-0.25, -0.2) is 0 Å². The topological polar surface area (TPSA) is 0 Å². The summed E-state index contributed by atoms with van der Waals surface area (Å²) in [6.07, 6.45) is 14.5. The van der Waals surface area contributed by atoms with E-state index in [9.17, 15) is 0 Å². The Bertz CT molecular complexity index is 1160. The van der Waals surface area contributed by atoms with Crippen LogP contribution in [0.1, 0.15) is 120 Å². The van der Waals surface area contributed by atoms with E-state index in [1.807, 2.05) is 0 Å². The van der Waals surface area contributed by atoms with Gasteiger partial charge in [0.25, 0.3) is 0 Å². The summed E-state index contributed by atoms with van der Waals surface area (Å²) in [5.41, 5.74) is 12.1. The summed E-state index contributed by atoms with van der Waals surface area (Å²) in [5, 5.41) is 1.73. The van der Waals surface area contributed by atoms with E-state index in [4.69, 9.17) is 0 Å². The van der Waals surface area contributed by atoms with Crippen LogP contribution in [-0.4, -0.2) is 11.3 Å². The second kappa shape index (κ2) is 12.5. The zero-order chi connectivity index (χ0) is 26.6. The molecule has 0 heterocycles. The Hall–Kier alpha value is -1.91. The van der Waals surface area contributed by atoms with E-state index in [1.54, 1.807) is 16.4 Å². The van der Waals surface area contributed by atoms with Gasteiger partial charge < -0.3 is 0 Å². The van der Waals surface area contributed by atoms with E-state index >= 15 is 0 Å². The third-order valence-electron chi connectivity index (χ3n) is 9.29. The van der Waals surface area contributed by atoms with Gasteiger partial charge in [0.2, 0.25) is 0 Å². The fraction of sp³-hybridized carbons (Fsp3) is 0.514. The molecule has 0 bridgehead atoms. The lowest BCUT2D eigenvalue weighted by molar-refractivity contribution is 0.487. The van der Waals surface area contributed by atoms with Crippen LogP contribution in [0.3, 0.4) is 0 Å². The van der Waals surface area contributed by atoms with Gasteiger partial charge in [0.1, 0.15) is 0 Å². The molecular weight excluding hydrogens is 475 g/mol. The largest absolute Gasteiger partial charge is 0.0683 e. The highest BCUT2D eigenvalue weighted by atomic mass is 31.1. The first-order chi connectivity index (χ1) is 18.5. The smallest absolute Gasteiger partial charge is 0.0101 e. The van der Waals surface area contributed by atoms with E-state index < -0.39 is 0 Å². The predicted molar refractivity (Wildman–Crippen MR) is 171 cm³/mol. The first kappa shape index (κ1) is 27.6. The molecule has 0 radical (unpaired) electrons. The summed E-state index contributed by atoms with van der Waals surface area (Å²) < 4.78 is 0. The van der Waals surface area contributed by atoms with Crippen molar-refractivity contribution in [3.63, 3.8) is 0 Å². The Labute approximate surface area is 234 Å². The number of rotatable bonds is 7. The molecule has 2 aliphatic carbocycles. The first-order valence-corrected chi connectivity index (χ1v) is 17.0. The number of hydrogen-bond donors (Lipinski definition) is 0. The van der Waals surface area contributed by atoms with Crippen LogP contribution in [-0.2, 0) is 0 Å². The van der Waals surface area contributed by atoms with Crippen LogP contribution in [0.15, 0.2) is 60.7 Å². The summed E-state index contributed by atoms with van der Waals surface area (Å²) in [5.74, 6) is 0.963. The van der Waals surface area contributed by atoms with Gasteiger partial charge in [-0.15, -0.1) is 0 Å². The monoisotopic (exact) mass is 524 g/mol. The van der Waals surface area contributed by atoms with Crippen molar-refractivity contribution >= 4 is 13.2 Å². The lowest BCUT2D eigenvalue weighted by Gasteiger charge is -2.40. The maximum Gasteiger partial charge on any atom is -0.0101 e. The summed E-state index contributed by atoms with van der Waals surface area (Å²) >= 11 is 0. The maximum absolute atomic E-state index is 2.56. The van der Waals surface area contributed by atoms with E-state index in [-0.39, 0.29) is 7.92 Å². The molecule has 2 aliphatic rings. The van der Waals surface area contributed by atoms with Crippen LogP contribution in [0, 0.1) is 6.92 Å². The SMILES string of the molecule is Cc1ccccc1-c1cc(C(C)C)c(-c2ccccc2P(C2CCCCC2)C2CCCCC2)c(C(C)C)c1. The molecule has 0 unspecified atom stereocenters. The minimum absolute atomic E-state index is 0.156. The molecule has 2 saturated carbocycles. The third-order valence-corrected chi connectivity index (χ3v) is 12.8. The molecule has 0 amide bonds. The molecule has 0 spiro atoms. The second-order valence-electron chi connectivity index (χ2n) is 12.7. The lowest BCUT2D eigenvalue weighted by atomic mass is 9.82. The minimum Gasteiger partial charge on any atom is -0.0683 e. The Morgan fingerprint density at radius 3 is 1.58 bits per heavy atom. The molecule has 3 aromatic carbocycles. The molecule has 0 aliphatic heterocycles. The van der Waals surface area contributed by atoms with E-state index in [0.717, 1.165) is 11.3 Å². The van der Waals surface area contributed by atoms with Crippen LogP contribution >= 0.6 is 7.92 Å². The number of aryl methyl sites for hydroxylation is 1. The highest BCUT2D eigenvalue weighted by Gasteiger charge is 2.34. The Morgan fingerprint density at radius 2 is 1.08 bits per heavy atom. The fourth-order valence-electron chi connectivity index (χ4n) is 7.28. The van der Waals surface area contributed by atoms with Crippen molar-refractivity contribution in [2.75, 3.05) is 0 Å². The van der Waals surface area contributed by atoms with Crippen molar-refractivity contribution in [2.45, 2.75) is 122 Å². The van der Waals surface area contributed by atoms with Crippen molar-refractivity contribution in [3.05, 3.63) is 77.4 Å². The van der Waals surface area contributed by atoms with Crippen molar-refractivity contribution in [1.29, 1.82) is 0 Å². The van der Waals surface area contributed by atoms with Crippen LogP contribution < -0.4 is 5.30 Å². The van der Waals surface area contributed by atoms with Crippen molar-refractivity contribution in [2.24, 2.45) is 0 Å². The Kier molecular flexibility index (Phi) is 9.10. The summed E-state index contributed by atoms with van der Waals surface area (Å²) in [6, 6.07) is 23.7. The fourth-order valence-corrected chi connectivity index (χ4v) is 11.2. The molecule has 202 valence electrons. The maximum atomic E-state index is 2.56. The van der Waals surface area contributed by atoms with Crippen LogP contribution in [0.25, 0.3) is 22.3 Å². The summed E-state index contributed by atoms with van der Waals surface area (Å²) in [7, 11) is -0.156. The highest BCUT2D eigenvalue weighted by Crippen LogP contribution is 2.57. The Balaban J connectivity index is 1.71. The van der Waals surface area contributed by atoms with Gasteiger partial charge in [-0.2, -0.15) is 0 Å². The van der Waals surface area contributed by atoms with Crippen LogP contribution in [0.4, 0.5) is 0 Å². The molecule has 5 rings (SSSR count). The van der Waals surface area contributed by atoms with E-state index in [1.165, 1.54) is 92.0 Å². The average molecular weight is 525 g/mol. The molecule has 0 nitrogen and oxygen atoms in total. The zero-order valence-corrected chi connectivity index (χ0v) is 25.5. The second-order valence-corrected chi connectivity index (χ2v) is 15.4. The molecule has 3 aromatic rings. The van der Waals surface area contributed by atoms with Crippen molar-refractivity contribution < 1.29 is 0 Å². The standard InChI is InChI=1S/C37H49P/c1-26(2)34-24-29(32-21-13-12-16-28(32)5)25-35(27(3)4)37(34)33-22-14-15-23-36(33)38(30-17-8-6-9-18-30)31-19-10-7-11-20-31/h12-16,21-27,30-31H,6-11,17-20H2,1-5H3. The zero-order valence-electron chi connectivity index (χ0n) is 24.6. The predicted octanol–water partition coefficient (Wildman–Crippen LogP) is 11.3. The normalized spacial score (nSPS) is 17.6. The average Bonchev–Trinajstić information content (AvgIpc) is 2.94. The van der Waals surface area contributed by atoms with E-state index in [2.05, 4.69) is 95.3 Å². The Morgan fingerprint density at radius 1 is 0.605 bits per heavy atom. The minimum atomic E-state index is -0.156. The number of hydrogen-bond acceptors (Lipinski definition) is 0. The molecular formula is C37H49P. The molecule has 0 atom stereocenters. The van der Waals surface area contributed by atoms with Gasteiger partial charge in [-0.3, -0.25) is 0 Å². The molecule has 0 saturated heterocycles. The van der Waals surface area contributed by atoms with Gasteiger partial charge in [0.05, 0.1) is 0 Å². The van der Waals surface area contributed by atoms with E-state index in [0.29, 0.717) is 11.8 Å². The molecule has 2 fully saturated rings. The highest BCUT2D eigenvalue weighted by molar-refractivity contribution is 7.67. The summed E-state index contributed by atoms with van der Waals surface area (Å²) in [4.78, 5) is 0. The van der Waals surface area contributed by atoms with Crippen LogP contribution in [0.5, 0.6) is 0 Å². The molecule has 38 heavy (non-hydrogen) atoms. The van der Waals surface area contributed by atoms with Gasteiger partial charge >= 0.3 is 0 Å². The van der Waals surface area contributed by atoms with Gasteiger partial charge in [0.15, 0.2) is 0 Å². The quantitative estimate of drug-likeness (QED) is 0.270. The molecule has 1 heteroatoms. The molecule has 0 aromatic heterocycles. The summed E-state index contributed by atoms with van der Waals surface area (Å²) in [6.45, 7) is 11.9. The van der Waals surface area contributed by atoms with Gasteiger partial charge in [0, 0.05) is 0 Å². The molecule has 0 N–H and O–H groups in total. The van der Waals surface area contributed by atoms with Gasteiger partial charge in [-0.1, -0.05) is 135 Å². The van der Waals surface area contributed by atoms with Crippen LogP contribution in [0.2, 0.25) is 0 Å². The number of benzene rings is 3. The lowest BCUT2D eigenvalue weighted by Crippen LogP contribution is -2.27. The van der Waals surface area contributed by atoms with Gasteiger partial charge in [-0.05, 0) is 100 Å².